The van der Waals surface area contributed by atoms with Crippen LogP contribution in [0.4, 0.5) is 0 Å². The highest BCUT2D eigenvalue weighted by molar-refractivity contribution is 5.79. The highest BCUT2D eigenvalue weighted by Gasteiger charge is 2.23. The van der Waals surface area contributed by atoms with Gasteiger partial charge in [-0.15, -0.1) is 0 Å². The highest BCUT2D eigenvalue weighted by Crippen LogP contribution is 2.19. The Kier molecular flexibility index (Phi) is 4.84. The summed E-state index contributed by atoms with van der Waals surface area (Å²) >= 11 is 0. The summed E-state index contributed by atoms with van der Waals surface area (Å²) < 4.78 is 0. The molecule has 2 unspecified atom stereocenters. The molecule has 1 saturated heterocycles. The van der Waals surface area contributed by atoms with Crippen molar-refractivity contribution in [2.24, 2.45) is 10.9 Å². The van der Waals surface area contributed by atoms with Gasteiger partial charge in [-0.1, -0.05) is 11.6 Å². The number of amidine groups is 1. The summed E-state index contributed by atoms with van der Waals surface area (Å²) in [6.07, 6.45) is 4.36. The minimum atomic E-state index is 0.278. The van der Waals surface area contributed by atoms with Crippen LogP contribution in [0.15, 0.2) is 5.16 Å². The monoisotopic (exact) mass is 214 g/mol. The van der Waals surface area contributed by atoms with Crippen molar-refractivity contribution in [1.29, 1.82) is 0 Å². The van der Waals surface area contributed by atoms with Crippen LogP contribution in [0.1, 0.15) is 39.5 Å². The van der Waals surface area contributed by atoms with Crippen molar-refractivity contribution >= 4 is 5.84 Å². The second-order valence-electron chi connectivity index (χ2n) is 4.29. The Morgan fingerprint density at radius 3 is 2.60 bits per heavy atom. The van der Waals surface area contributed by atoms with Gasteiger partial charge in [-0.3, -0.25) is 5.43 Å². The zero-order chi connectivity index (χ0) is 11.3. The van der Waals surface area contributed by atoms with Crippen LogP contribution in [0, 0.1) is 0 Å². The molecule has 2 atom stereocenters. The summed E-state index contributed by atoms with van der Waals surface area (Å²) in [5.41, 5.74) is 8.75. The van der Waals surface area contributed by atoms with Crippen LogP contribution in [0.5, 0.6) is 0 Å². The van der Waals surface area contributed by atoms with Crippen LogP contribution in [0.3, 0.4) is 0 Å². The van der Waals surface area contributed by atoms with Crippen LogP contribution in [0.25, 0.3) is 0 Å². The van der Waals surface area contributed by atoms with Gasteiger partial charge in [-0.05, 0) is 26.7 Å². The highest BCUT2D eigenvalue weighted by atomic mass is 16.4. The number of hydrogen-bond acceptors (Lipinski definition) is 4. The Hall–Kier alpha value is -0.810. The summed E-state index contributed by atoms with van der Waals surface area (Å²) in [5, 5.41) is 13.6. The molecule has 1 heterocycles. The fraction of sp³-hybridized carbons (Fsp3) is 0.900. The van der Waals surface area contributed by atoms with E-state index in [-0.39, 0.29) is 5.84 Å². The van der Waals surface area contributed by atoms with Crippen molar-refractivity contribution in [3.8, 4) is 0 Å². The van der Waals surface area contributed by atoms with Crippen molar-refractivity contribution in [2.45, 2.75) is 51.6 Å². The van der Waals surface area contributed by atoms with Crippen molar-refractivity contribution in [3.05, 3.63) is 0 Å². The second kappa shape index (κ2) is 5.92. The Balaban J connectivity index is 2.29. The normalized spacial score (nSPS) is 29.3. The molecule has 88 valence electrons. The Morgan fingerprint density at radius 2 is 2.07 bits per heavy atom. The van der Waals surface area contributed by atoms with Crippen LogP contribution < -0.4 is 11.2 Å². The molecular formula is C10H22N4O. The van der Waals surface area contributed by atoms with E-state index in [1.54, 1.807) is 0 Å². The van der Waals surface area contributed by atoms with Crippen LogP contribution in [-0.2, 0) is 0 Å². The molecule has 1 aliphatic heterocycles. The van der Waals surface area contributed by atoms with Gasteiger partial charge in [0.2, 0.25) is 0 Å². The van der Waals surface area contributed by atoms with E-state index in [9.17, 15) is 0 Å². The molecule has 5 nitrogen and oxygen atoms in total. The number of hydrogen-bond donors (Lipinski definition) is 3. The predicted molar refractivity (Wildman–Crippen MR) is 60.6 cm³/mol. The summed E-state index contributed by atoms with van der Waals surface area (Å²) in [5.74, 6) is 0.278. The number of rotatable bonds is 4. The van der Waals surface area contributed by atoms with Gasteiger partial charge in [0.05, 0.1) is 0 Å². The molecule has 4 N–H and O–H groups in total. The molecule has 1 aliphatic rings. The quantitative estimate of drug-likeness (QED) is 0.281. The minimum absolute atomic E-state index is 0.278. The lowest BCUT2D eigenvalue weighted by Gasteiger charge is -2.39. The van der Waals surface area contributed by atoms with Gasteiger partial charge in [0.1, 0.15) is 5.84 Å². The third-order valence-corrected chi connectivity index (χ3v) is 3.00. The van der Waals surface area contributed by atoms with Gasteiger partial charge in [0.25, 0.3) is 0 Å². The third-order valence-electron chi connectivity index (χ3n) is 3.00. The smallest absolute Gasteiger partial charge is 0.140 e. The fourth-order valence-electron chi connectivity index (χ4n) is 2.10. The molecule has 0 saturated carbocycles. The number of piperidine rings is 1. The first-order chi connectivity index (χ1) is 7.15. The van der Waals surface area contributed by atoms with E-state index in [0.29, 0.717) is 18.5 Å². The topological polar surface area (TPSA) is 73.9 Å². The number of hydrazine groups is 1. The van der Waals surface area contributed by atoms with Gasteiger partial charge in [0, 0.05) is 25.0 Å². The third kappa shape index (κ3) is 3.68. The number of nitrogens with zero attached hydrogens (tertiary/aromatic N) is 2. The van der Waals surface area contributed by atoms with E-state index in [4.69, 9.17) is 10.9 Å². The van der Waals surface area contributed by atoms with Gasteiger partial charge < -0.3 is 10.9 Å². The molecule has 0 aliphatic carbocycles. The van der Waals surface area contributed by atoms with E-state index >= 15 is 0 Å². The Bertz CT molecular complexity index is 209. The van der Waals surface area contributed by atoms with Crippen molar-refractivity contribution < 1.29 is 5.21 Å². The first kappa shape index (κ1) is 12.3. The van der Waals surface area contributed by atoms with Crippen molar-refractivity contribution in [3.63, 3.8) is 0 Å². The van der Waals surface area contributed by atoms with Crippen LogP contribution >= 0.6 is 0 Å². The fourth-order valence-corrected chi connectivity index (χ4v) is 2.10. The van der Waals surface area contributed by atoms with E-state index in [0.717, 1.165) is 6.54 Å². The summed E-state index contributed by atoms with van der Waals surface area (Å²) in [6.45, 7) is 5.18. The number of nitrogens with one attached hydrogen (secondary N) is 1. The molecule has 5 heteroatoms. The second-order valence-corrected chi connectivity index (χ2v) is 4.29. The Labute approximate surface area is 91.3 Å². The molecule has 0 spiro atoms. The molecule has 0 bridgehead atoms. The minimum Gasteiger partial charge on any atom is -0.409 e. The molecule has 1 rings (SSSR count). The lowest BCUT2D eigenvalue weighted by Crippen LogP contribution is -2.52. The summed E-state index contributed by atoms with van der Waals surface area (Å²) in [4.78, 5) is 0. The maximum absolute atomic E-state index is 8.40. The Morgan fingerprint density at radius 1 is 1.47 bits per heavy atom. The average molecular weight is 214 g/mol. The molecule has 0 radical (unpaired) electrons. The molecular weight excluding hydrogens is 192 g/mol. The molecule has 0 aromatic rings. The van der Waals surface area contributed by atoms with E-state index in [2.05, 4.69) is 29.4 Å². The van der Waals surface area contributed by atoms with Crippen LogP contribution in [0.2, 0.25) is 0 Å². The molecule has 0 amide bonds. The SMILES string of the molecule is CC1CCCC(C)N1NCCC(N)=NO. The molecule has 15 heavy (non-hydrogen) atoms. The standard InChI is InChI=1S/C10H22N4O/c1-8-4-3-5-9(2)14(8)12-7-6-10(11)13-15/h8-9,12,15H,3-7H2,1-2H3,(H2,11,13). The maximum Gasteiger partial charge on any atom is 0.140 e. The molecule has 0 aromatic heterocycles. The van der Waals surface area contributed by atoms with E-state index in [1.807, 2.05) is 0 Å². The van der Waals surface area contributed by atoms with Crippen molar-refractivity contribution in [2.75, 3.05) is 6.54 Å². The van der Waals surface area contributed by atoms with Crippen molar-refractivity contribution in [1.82, 2.24) is 10.4 Å². The maximum atomic E-state index is 8.40. The average Bonchev–Trinajstić information content (AvgIpc) is 2.22. The molecule has 0 aromatic carbocycles. The first-order valence-electron chi connectivity index (χ1n) is 5.63. The van der Waals surface area contributed by atoms with Crippen LogP contribution in [-0.4, -0.2) is 34.7 Å². The number of oxime groups is 1. The zero-order valence-corrected chi connectivity index (χ0v) is 9.61. The summed E-state index contributed by atoms with van der Waals surface area (Å²) in [7, 11) is 0. The number of nitrogens with two attached hydrogens (primary N) is 1. The van der Waals surface area contributed by atoms with Gasteiger partial charge in [-0.2, -0.15) is 0 Å². The lowest BCUT2D eigenvalue weighted by atomic mass is 10.00. The lowest BCUT2D eigenvalue weighted by molar-refractivity contribution is 0.0476. The summed E-state index contributed by atoms with van der Waals surface area (Å²) in [6, 6.07) is 1.14. The van der Waals surface area contributed by atoms with E-state index < -0.39 is 0 Å². The zero-order valence-electron chi connectivity index (χ0n) is 9.61. The van der Waals surface area contributed by atoms with Gasteiger partial charge >= 0.3 is 0 Å². The molecule has 1 fully saturated rings. The van der Waals surface area contributed by atoms with Gasteiger partial charge in [-0.25, -0.2) is 5.01 Å². The first-order valence-corrected chi connectivity index (χ1v) is 5.63. The predicted octanol–water partition coefficient (Wildman–Crippen LogP) is 0.890. The van der Waals surface area contributed by atoms with Gasteiger partial charge in [0.15, 0.2) is 0 Å². The van der Waals surface area contributed by atoms with E-state index in [1.165, 1.54) is 19.3 Å². The largest absolute Gasteiger partial charge is 0.409 e.